The summed E-state index contributed by atoms with van der Waals surface area (Å²) in [5.74, 6) is -0.391. The fourth-order valence-corrected chi connectivity index (χ4v) is 3.84. The first kappa shape index (κ1) is 26.3. The van der Waals surface area contributed by atoms with Gasteiger partial charge in [0.15, 0.2) is 12.5 Å². The number of hydrogen-bond acceptors (Lipinski definition) is 12. The number of hydrogen-bond donors (Lipinski definition) is 8. The maximum Gasteiger partial charge on any atom is 0.328 e. The molecule has 3 aliphatic heterocycles. The van der Waals surface area contributed by atoms with E-state index in [9.17, 15) is 34.8 Å². The number of aliphatic hydroxyl groups excluding tert-OH is 6. The molecule has 0 radical (unpaired) electrons. The average molecular weight is 506 g/mol. The number of aromatic nitrogens is 2. The Morgan fingerprint density at radius 1 is 0.941 bits per heavy atom. The molecule has 1 aromatic heterocycles. The van der Waals surface area contributed by atoms with Crippen LogP contribution in [-0.4, -0.2) is 120 Å². The molecule has 3 fully saturated rings. The number of ether oxygens (including phenoxy) is 2. The Kier molecular flexibility index (Phi) is 8.50. The second-order valence-corrected chi connectivity index (χ2v) is 8.21. The number of aliphatic hydroxyl groups is 6. The predicted molar refractivity (Wildman–Crippen MR) is 112 cm³/mol. The molecule has 3 aliphatic rings. The summed E-state index contributed by atoms with van der Waals surface area (Å²) >= 11 is 4.77. The molecular weight excluding hydrogens is 480 g/mol. The molecule has 15 nitrogen and oxygen atoms in total. The number of nitrogens with one attached hydrogen (secondary N) is 2. The quantitative estimate of drug-likeness (QED) is 0.182. The molecular formula is C18H26N4O11S. The van der Waals surface area contributed by atoms with Crippen LogP contribution in [0.4, 0.5) is 4.79 Å². The Hall–Kier alpha value is -2.28. The van der Waals surface area contributed by atoms with E-state index >= 15 is 0 Å². The van der Waals surface area contributed by atoms with Crippen LogP contribution in [0.15, 0.2) is 17.1 Å². The van der Waals surface area contributed by atoms with Crippen molar-refractivity contribution in [2.45, 2.75) is 55.5 Å². The number of urea groups is 1. The van der Waals surface area contributed by atoms with E-state index in [2.05, 4.69) is 10.3 Å². The summed E-state index contributed by atoms with van der Waals surface area (Å²) in [7, 11) is 0. The Morgan fingerprint density at radius 3 is 2.00 bits per heavy atom. The van der Waals surface area contributed by atoms with Crippen LogP contribution in [0, 0.1) is 4.64 Å². The minimum absolute atomic E-state index is 0.108. The van der Waals surface area contributed by atoms with Gasteiger partial charge in [-0.1, -0.05) is 12.2 Å². The Bertz CT molecular complexity index is 1000. The highest BCUT2D eigenvalue weighted by atomic mass is 32.1. The van der Waals surface area contributed by atoms with Crippen LogP contribution in [0.1, 0.15) is 12.6 Å². The van der Waals surface area contributed by atoms with Gasteiger partial charge in [0.25, 0.3) is 0 Å². The van der Waals surface area contributed by atoms with Gasteiger partial charge in [0.1, 0.15) is 41.3 Å². The highest BCUT2D eigenvalue weighted by Gasteiger charge is 2.47. The first-order valence-corrected chi connectivity index (χ1v) is 10.7. The molecule has 0 saturated carbocycles. The number of aromatic amines is 1. The van der Waals surface area contributed by atoms with Crippen LogP contribution in [-0.2, 0) is 14.3 Å². The van der Waals surface area contributed by atoms with E-state index in [-0.39, 0.29) is 17.6 Å². The van der Waals surface area contributed by atoms with Gasteiger partial charge in [-0.05, 0) is 6.07 Å². The highest BCUT2D eigenvalue weighted by Crippen LogP contribution is 2.28. The molecule has 0 unspecified atom stereocenters. The Balaban J connectivity index is 0.000000191. The highest BCUT2D eigenvalue weighted by molar-refractivity contribution is 7.71. The lowest BCUT2D eigenvalue weighted by molar-refractivity contribution is -0.125. The SMILES string of the molecule is O=C1CCN([C@@H]2O[C@H](CO)[C@@H](O)[C@H]2O)C(=O)N1.O=c1[nH]c(=S)ccn1[C@@H]1O[C@H](CO)[C@@H](O)[C@H]1O. The normalized spacial score (nSPS) is 35.6. The molecule has 8 atom stereocenters. The minimum Gasteiger partial charge on any atom is -0.394 e. The lowest BCUT2D eigenvalue weighted by Gasteiger charge is -2.32. The molecule has 0 spiro atoms. The van der Waals surface area contributed by atoms with Crippen molar-refractivity contribution in [1.29, 1.82) is 0 Å². The maximum atomic E-state index is 11.6. The summed E-state index contributed by atoms with van der Waals surface area (Å²) in [6.07, 6.45) is -7.53. The van der Waals surface area contributed by atoms with E-state index in [1.54, 1.807) is 0 Å². The number of carbonyl (C=O) groups excluding carboxylic acids is 2. The van der Waals surface area contributed by atoms with Gasteiger partial charge < -0.3 is 40.1 Å². The van der Waals surface area contributed by atoms with Crippen LogP contribution in [0.25, 0.3) is 0 Å². The number of imide groups is 1. The number of amides is 3. The van der Waals surface area contributed by atoms with Gasteiger partial charge in [-0.15, -0.1) is 0 Å². The predicted octanol–water partition coefficient (Wildman–Crippen LogP) is -4.12. The third kappa shape index (κ3) is 5.35. The van der Waals surface area contributed by atoms with E-state index in [4.69, 9.17) is 31.9 Å². The summed E-state index contributed by atoms with van der Waals surface area (Å²) in [4.78, 5) is 37.5. The third-order valence-corrected chi connectivity index (χ3v) is 5.79. The monoisotopic (exact) mass is 506 g/mol. The first-order valence-electron chi connectivity index (χ1n) is 10.3. The fourth-order valence-electron chi connectivity index (χ4n) is 3.69. The maximum absolute atomic E-state index is 11.6. The molecule has 0 aromatic carbocycles. The van der Waals surface area contributed by atoms with Crippen LogP contribution < -0.4 is 11.0 Å². The van der Waals surface area contributed by atoms with Crippen molar-refractivity contribution in [1.82, 2.24) is 19.8 Å². The van der Waals surface area contributed by atoms with Gasteiger partial charge in [0, 0.05) is 19.2 Å². The largest absolute Gasteiger partial charge is 0.394 e. The zero-order valence-corrected chi connectivity index (χ0v) is 18.4. The zero-order chi connectivity index (χ0) is 25.2. The van der Waals surface area contributed by atoms with Crippen molar-refractivity contribution in [2.24, 2.45) is 0 Å². The van der Waals surface area contributed by atoms with Gasteiger partial charge in [0.05, 0.1) is 13.2 Å². The van der Waals surface area contributed by atoms with Gasteiger partial charge in [-0.3, -0.25) is 24.6 Å². The molecule has 3 amide bonds. The van der Waals surface area contributed by atoms with Gasteiger partial charge in [-0.2, -0.15) is 0 Å². The van der Waals surface area contributed by atoms with E-state index in [0.717, 1.165) is 9.47 Å². The fraction of sp³-hybridized carbons (Fsp3) is 0.667. The molecule has 16 heteroatoms. The van der Waals surface area contributed by atoms with Gasteiger partial charge >= 0.3 is 11.7 Å². The number of nitrogens with zero attached hydrogens (tertiary/aromatic N) is 2. The number of H-pyrrole nitrogens is 1. The minimum atomic E-state index is -1.30. The topological polar surface area (TPSA) is 227 Å². The van der Waals surface area contributed by atoms with Crippen LogP contribution >= 0.6 is 12.2 Å². The van der Waals surface area contributed by atoms with Crippen molar-refractivity contribution in [3.8, 4) is 0 Å². The lowest BCUT2D eigenvalue weighted by Crippen LogP contribution is -2.56. The Labute approximate surface area is 196 Å². The van der Waals surface area contributed by atoms with Crippen molar-refractivity contribution in [2.75, 3.05) is 19.8 Å². The number of carbonyl (C=O) groups is 2. The molecule has 4 rings (SSSR count). The standard InChI is InChI=1S/C9H14N2O6.C9H12N2O5S/c12-3-4-6(14)7(15)8(17-4)11-2-1-5(13)10-9(11)16;12-3-4-6(13)7(14)8(16-4)11-2-1-5(17)10-9(11)15/h4,6-8,12,14-15H,1-3H2,(H,10,13,16);1-2,4,6-8,12-14H,3H2,(H,10,15,17)/t2*4-,6-,7-,8-/m11/s1. The second-order valence-electron chi connectivity index (χ2n) is 7.77. The number of rotatable bonds is 4. The molecule has 8 N–H and O–H groups in total. The van der Waals surface area contributed by atoms with Gasteiger partial charge in [0.2, 0.25) is 5.91 Å². The zero-order valence-electron chi connectivity index (χ0n) is 17.6. The average Bonchev–Trinajstić information content (AvgIpc) is 3.24. The van der Waals surface area contributed by atoms with Crippen molar-refractivity contribution >= 4 is 24.2 Å². The van der Waals surface area contributed by atoms with Crippen molar-refractivity contribution in [3.63, 3.8) is 0 Å². The summed E-state index contributed by atoms with van der Waals surface area (Å²) in [6, 6.07) is 0.793. The van der Waals surface area contributed by atoms with E-state index in [1.807, 2.05) is 0 Å². The van der Waals surface area contributed by atoms with E-state index in [0.29, 0.717) is 0 Å². The molecule has 190 valence electrons. The van der Waals surface area contributed by atoms with Crippen LogP contribution in [0.5, 0.6) is 0 Å². The second kappa shape index (κ2) is 11.0. The molecule has 0 bridgehead atoms. The van der Waals surface area contributed by atoms with E-state index in [1.165, 1.54) is 12.3 Å². The lowest BCUT2D eigenvalue weighted by atomic mass is 10.1. The smallest absolute Gasteiger partial charge is 0.328 e. The van der Waals surface area contributed by atoms with Crippen LogP contribution in [0.2, 0.25) is 0 Å². The summed E-state index contributed by atoms with van der Waals surface area (Å²) in [6.45, 7) is -0.785. The molecule has 34 heavy (non-hydrogen) atoms. The first-order chi connectivity index (χ1) is 16.1. The molecule has 1 aromatic rings. The van der Waals surface area contributed by atoms with Crippen LogP contribution in [0.3, 0.4) is 0 Å². The van der Waals surface area contributed by atoms with Crippen molar-refractivity contribution < 1.29 is 49.7 Å². The molecule has 3 saturated heterocycles. The molecule has 0 aliphatic carbocycles. The summed E-state index contributed by atoms with van der Waals surface area (Å²) in [5, 5.41) is 58.4. The van der Waals surface area contributed by atoms with Gasteiger partial charge in [-0.25, -0.2) is 9.59 Å². The molecule has 4 heterocycles. The Morgan fingerprint density at radius 2 is 1.50 bits per heavy atom. The van der Waals surface area contributed by atoms with E-state index < -0.39 is 79.9 Å². The summed E-state index contributed by atoms with van der Waals surface area (Å²) in [5.41, 5.74) is -0.549. The van der Waals surface area contributed by atoms with Crippen molar-refractivity contribution in [3.05, 3.63) is 27.4 Å². The summed E-state index contributed by atoms with van der Waals surface area (Å²) < 4.78 is 11.7. The third-order valence-electron chi connectivity index (χ3n) is 5.55.